The molecule has 0 aliphatic heterocycles. The number of ketones is 1. The van der Waals surface area contributed by atoms with Gasteiger partial charge in [-0.1, -0.05) is 41.0 Å². The Morgan fingerprint density at radius 1 is 1.26 bits per heavy atom. The average molecular weight is 267 g/mol. The van der Waals surface area contributed by atoms with Crippen LogP contribution in [0.25, 0.3) is 0 Å². The quantitative estimate of drug-likeness (QED) is 0.725. The molecule has 0 radical (unpaired) electrons. The van der Waals surface area contributed by atoms with E-state index in [1.54, 1.807) is 0 Å². The van der Waals surface area contributed by atoms with E-state index in [4.69, 9.17) is 0 Å². The first-order valence-electron chi connectivity index (χ1n) is 8.02. The lowest BCUT2D eigenvalue weighted by atomic mass is 9.58. The summed E-state index contributed by atoms with van der Waals surface area (Å²) in [4.78, 5) is 14.9. The lowest BCUT2D eigenvalue weighted by Crippen LogP contribution is -2.46. The van der Waals surface area contributed by atoms with Crippen LogP contribution in [0.2, 0.25) is 0 Å². The van der Waals surface area contributed by atoms with Crippen molar-refractivity contribution in [1.82, 2.24) is 4.90 Å². The minimum absolute atomic E-state index is 0.153. The third-order valence-electron chi connectivity index (χ3n) is 5.36. The van der Waals surface area contributed by atoms with Crippen LogP contribution in [0.4, 0.5) is 0 Å². The van der Waals surface area contributed by atoms with E-state index in [0.29, 0.717) is 24.2 Å². The summed E-state index contributed by atoms with van der Waals surface area (Å²) in [5.74, 6) is 1.89. The van der Waals surface area contributed by atoms with E-state index < -0.39 is 0 Å². The molecular formula is C17H33NO. The number of rotatable bonds is 6. The second-order valence-electron chi connectivity index (χ2n) is 7.31. The van der Waals surface area contributed by atoms with Gasteiger partial charge in [-0.25, -0.2) is 0 Å². The van der Waals surface area contributed by atoms with Crippen molar-refractivity contribution in [1.29, 1.82) is 0 Å². The lowest BCUT2D eigenvalue weighted by Gasteiger charge is -2.47. The third kappa shape index (κ3) is 4.05. The minimum Gasteiger partial charge on any atom is -0.299 e. The van der Waals surface area contributed by atoms with Crippen LogP contribution in [0.3, 0.4) is 0 Å². The number of likely N-dealkylation sites (N-methyl/N-ethyl adjacent to an activating group) is 1. The van der Waals surface area contributed by atoms with Gasteiger partial charge in [-0.05, 0) is 50.1 Å². The molecule has 1 saturated carbocycles. The number of Topliss-reactive ketones (excluding diaryl/α,β-unsaturated/α-hetero) is 1. The lowest BCUT2D eigenvalue weighted by molar-refractivity contribution is -0.133. The summed E-state index contributed by atoms with van der Waals surface area (Å²) in [5.41, 5.74) is 0.153. The summed E-state index contributed by atoms with van der Waals surface area (Å²) in [6.07, 6.45) is 4.86. The monoisotopic (exact) mass is 267 g/mol. The van der Waals surface area contributed by atoms with Crippen LogP contribution >= 0.6 is 0 Å². The molecule has 3 atom stereocenters. The smallest absolute Gasteiger partial charge is 0.150 e. The predicted octanol–water partition coefficient (Wildman–Crippen LogP) is 4.00. The molecule has 1 aliphatic carbocycles. The van der Waals surface area contributed by atoms with Crippen LogP contribution in [0.15, 0.2) is 0 Å². The Kier molecular flexibility index (Phi) is 6.04. The Balaban J connectivity index is 2.67. The van der Waals surface area contributed by atoms with E-state index in [-0.39, 0.29) is 11.3 Å². The van der Waals surface area contributed by atoms with E-state index in [1.165, 1.54) is 25.7 Å². The molecule has 19 heavy (non-hydrogen) atoms. The van der Waals surface area contributed by atoms with E-state index in [2.05, 4.69) is 46.6 Å². The highest BCUT2D eigenvalue weighted by molar-refractivity contribution is 5.84. The molecule has 0 aromatic carbocycles. The van der Waals surface area contributed by atoms with Crippen molar-refractivity contribution in [3.63, 3.8) is 0 Å². The molecule has 2 nitrogen and oxygen atoms in total. The number of nitrogens with zero attached hydrogens (tertiary/aromatic N) is 1. The van der Waals surface area contributed by atoms with Crippen molar-refractivity contribution in [2.45, 2.75) is 60.3 Å². The number of carbonyl (C=O) groups excluding carboxylic acids is 1. The zero-order chi connectivity index (χ0) is 14.6. The van der Waals surface area contributed by atoms with Gasteiger partial charge in [0, 0.05) is 5.92 Å². The van der Waals surface area contributed by atoms with Crippen molar-refractivity contribution in [3.05, 3.63) is 0 Å². The minimum atomic E-state index is 0.153. The summed E-state index contributed by atoms with van der Waals surface area (Å²) in [7, 11) is 2.08. The Hall–Kier alpha value is -0.370. The highest BCUT2D eigenvalue weighted by Crippen LogP contribution is 2.47. The van der Waals surface area contributed by atoms with Gasteiger partial charge < -0.3 is 0 Å². The summed E-state index contributed by atoms with van der Waals surface area (Å²) >= 11 is 0. The number of unbranched alkanes of at least 4 members (excludes halogenated alkanes) is 1. The maximum absolute atomic E-state index is 12.7. The Bertz CT molecular complexity index is 298. The Morgan fingerprint density at radius 3 is 2.47 bits per heavy atom. The first kappa shape index (κ1) is 16.7. The molecule has 0 bridgehead atoms. The van der Waals surface area contributed by atoms with Crippen LogP contribution in [0.1, 0.15) is 60.3 Å². The van der Waals surface area contributed by atoms with Gasteiger partial charge in [-0.15, -0.1) is 0 Å². The molecule has 0 heterocycles. The number of hydrogen-bond donors (Lipinski definition) is 0. The molecule has 1 aliphatic rings. The molecule has 0 spiro atoms. The van der Waals surface area contributed by atoms with Gasteiger partial charge in [0.15, 0.2) is 5.78 Å². The van der Waals surface area contributed by atoms with Crippen molar-refractivity contribution >= 4 is 5.78 Å². The van der Waals surface area contributed by atoms with Crippen molar-refractivity contribution in [2.75, 3.05) is 20.1 Å². The second-order valence-corrected chi connectivity index (χ2v) is 7.31. The van der Waals surface area contributed by atoms with E-state index in [9.17, 15) is 4.79 Å². The normalized spacial score (nSPS) is 30.6. The zero-order valence-corrected chi connectivity index (χ0v) is 13.8. The average Bonchev–Trinajstić information content (AvgIpc) is 2.31. The molecule has 2 heteroatoms. The fourth-order valence-corrected chi connectivity index (χ4v) is 3.70. The number of carbonyl (C=O) groups is 1. The first-order valence-corrected chi connectivity index (χ1v) is 8.02. The third-order valence-corrected chi connectivity index (χ3v) is 5.36. The van der Waals surface area contributed by atoms with Crippen LogP contribution in [0, 0.1) is 23.2 Å². The zero-order valence-electron chi connectivity index (χ0n) is 13.8. The van der Waals surface area contributed by atoms with Crippen molar-refractivity contribution < 1.29 is 4.79 Å². The van der Waals surface area contributed by atoms with Gasteiger partial charge in [-0.2, -0.15) is 0 Å². The molecule has 1 rings (SSSR count). The molecule has 0 aromatic heterocycles. The second kappa shape index (κ2) is 6.88. The molecule has 0 N–H and O–H groups in total. The van der Waals surface area contributed by atoms with Crippen molar-refractivity contribution in [3.8, 4) is 0 Å². The maximum Gasteiger partial charge on any atom is 0.150 e. The van der Waals surface area contributed by atoms with Gasteiger partial charge in [0.05, 0.1) is 6.54 Å². The van der Waals surface area contributed by atoms with Gasteiger partial charge in [0.2, 0.25) is 0 Å². The molecule has 3 unspecified atom stereocenters. The summed E-state index contributed by atoms with van der Waals surface area (Å²) in [6.45, 7) is 13.0. The van der Waals surface area contributed by atoms with E-state index in [0.717, 1.165) is 6.54 Å². The summed E-state index contributed by atoms with van der Waals surface area (Å²) < 4.78 is 0. The van der Waals surface area contributed by atoms with Crippen LogP contribution in [0.5, 0.6) is 0 Å². The Labute approximate surface area is 119 Å². The molecule has 1 fully saturated rings. The topological polar surface area (TPSA) is 20.3 Å². The van der Waals surface area contributed by atoms with Crippen LogP contribution in [-0.4, -0.2) is 30.8 Å². The standard InChI is InChI=1S/C17H33NO/c1-7-8-11-18(6)12-15(19)16-13(2)9-10-14(3)17(16,4)5/h13-14,16H,7-12H2,1-6H3. The molecule has 112 valence electrons. The fourth-order valence-electron chi connectivity index (χ4n) is 3.70. The maximum atomic E-state index is 12.7. The SMILES string of the molecule is CCCCN(C)CC(=O)C1C(C)CCC(C)C1(C)C. The molecular weight excluding hydrogens is 234 g/mol. The van der Waals surface area contributed by atoms with Gasteiger partial charge in [0.1, 0.15) is 0 Å². The van der Waals surface area contributed by atoms with Gasteiger partial charge in [0.25, 0.3) is 0 Å². The molecule has 0 amide bonds. The van der Waals surface area contributed by atoms with E-state index >= 15 is 0 Å². The summed E-state index contributed by atoms with van der Waals surface area (Å²) in [5, 5.41) is 0. The van der Waals surface area contributed by atoms with E-state index in [1.807, 2.05) is 0 Å². The van der Waals surface area contributed by atoms with Crippen molar-refractivity contribution in [2.24, 2.45) is 23.2 Å². The van der Waals surface area contributed by atoms with Gasteiger partial charge in [-0.3, -0.25) is 9.69 Å². The van der Waals surface area contributed by atoms with Crippen LogP contribution in [-0.2, 0) is 4.79 Å². The highest BCUT2D eigenvalue weighted by Gasteiger charge is 2.45. The first-order chi connectivity index (χ1) is 8.80. The summed E-state index contributed by atoms with van der Waals surface area (Å²) in [6, 6.07) is 0. The molecule has 0 saturated heterocycles. The fraction of sp³-hybridized carbons (Fsp3) is 0.941. The van der Waals surface area contributed by atoms with Crippen LogP contribution < -0.4 is 0 Å². The molecule has 0 aromatic rings. The number of hydrogen-bond acceptors (Lipinski definition) is 2. The largest absolute Gasteiger partial charge is 0.299 e. The Morgan fingerprint density at radius 2 is 1.89 bits per heavy atom. The van der Waals surface area contributed by atoms with Gasteiger partial charge >= 0.3 is 0 Å². The highest BCUT2D eigenvalue weighted by atomic mass is 16.1. The predicted molar refractivity (Wildman–Crippen MR) is 82.2 cm³/mol.